The van der Waals surface area contributed by atoms with E-state index in [-0.39, 0.29) is 18.3 Å². The van der Waals surface area contributed by atoms with Crippen molar-refractivity contribution in [3.63, 3.8) is 0 Å². The summed E-state index contributed by atoms with van der Waals surface area (Å²) in [6.07, 6.45) is -1.95. The standard InChI is InChI=1S/C16H24O6/c1-17-10-12-13(18-2)14(19-3)15(20-4)16(22-12)21-11-8-6-5-7-9-11/h5-9,12-16H,10H2,1-4H3/t12-,13-,14+,15-,16-/m1/s1. The summed E-state index contributed by atoms with van der Waals surface area (Å²) in [7, 11) is 6.46. The number of rotatable bonds is 7. The Hall–Kier alpha value is -1.18. The van der Waals surface area contributed by atoms with Crippen LogP contribution >= 0.6 is 0 Å². The molecule has 1 heterocycles. The second-order valence-corrected chi connectivity index (χ2v) is 5.03. The smallest absolute Gasteiger partial charge is 0.229 e. The van der Waals surface area contributed by atoms with E-state index in [0.717, 1.165) is 0 Å². The molecule has 0 bridgehead atoms. The van der Waals surface area contributed by atoms with Gasteiger partial charge in [0.25, 0.3) is 0 Å². The van der Waals surface area contributed by atoms with Crippen LogP contribution in [0, 0.1) is 0 Å². The highest BCUT2D eigenvalue weighted by molar-refractivity contribution is 5.21. The lowest BCUT2D eigenvalue weighted by atomic mass is 9.98. The lowest BCUT2D eigenvalue weighted by Gasteiger charge is -2.44. The van der Waals surface area contributed by atoms with E-state index in [2.05, 4.69) is 0 Å². The van der Waals surface area contributed by atoms with Crippen LogP contribution in [0.15, 0.2) is 30.3 Å². The van der Waals surface area contributed by atoms with Gasteiger partial charge in [-0.3, -0.25) is 0 Å². The molecule has 1 saturated heterocycles. The minimum absolute atomic E-state index is 0.300. The fourth-order valence-corrected chi connectivity index (χ4v) is 2.71. The fraction of sp³-hybridized carbons (Fsp3) is 0.625. The van der Waals surface area contributed by atoms with Gasteiger partial charge in [-0.2, -0.15) is 0 Å². The van der Waals surface area contributed by atoms with Crippen LogP contribution in [0.3, 0.4) is 0 Å². The molecule has 0 radical (unpaired) electrons. The molecule has 1 aromatic rings. The normalized spacial score (nSPS) is 31.9. The van der Waals surface area contributed by atoms with Crippen molar-refractivity contribution in [2.24, 2.45) is 0 Å². The number of benzene rings is 1. The summed E-state index contributed by atoms with van der Waals surface area (Å²) >= 11 is 0. The molecule has 0 N–H and O–H groups in total. The van der Waals surface area contributed by atoms with E-state index in [4.69, 9.17) is 28.4 Å². The average Bonchev–Trinajstić information content (AvgIpc) is 2.55. The van der Waals surface area contributed by atoms with Crippen LogP contribution in [0.1, 0.15) is 0 Å². The van der Waals surface area contributed by atoms with Crippen LogP contribution in [0.25, 0.3) is 0 Å². The number of para-hydroxylation sites is 1. The topological polar surface area (TPSA) is 55.4 Å². The molecule has 1 aromatic carbocycles. The van der Waals surface area contributed by atoms with Crippen molar-refractivity contribution >= 4 is 0 Å². The Kier molecular flexibility index (Phi) is 6.60. The molecule has 1 aliphatic heterocycles. The monoisotopic (exact) mass is 312 g/mol. The Morgan fingerprint density at radius 2 is 1.50 bits per heavy atom. The zero-order valence-electron chi connectivity index (χ0n) is 13.4. The highest BCUT2D eigenvalue weighted by Gasteiger charge is 2.48. The SMILES string of the molecule is COC[C@H]1O[C@@H](Oc2ccccc2)[C@H](OC)[C@@H](OC)[C@@H]1OC. The zero-order chi connectivity index (χ0) is 15.9. The molecule has 2 rings (SSSR count). The lowest BCUT2D eigenvalue weighted by Crippen LogP contribution is -2.62. The molecule has 124 valence electrons. The quantitative estimate of drug-likeness (QED) is 0.760. The van der Waals surface area contributed by atoms with Gasteiger partial charge >= 0.3 is 0 Å². The molecule has 1 aliphatic rings. The summed E-state index contributed by atoms with van der Waals surface area (Å²) in [6.45, 7) is 0.378. The van der Waals surface area contributed by atoms with Gasteiger partial charge in [-0.1, -0.05) is 18.2 Å². The van der Waals surface area contributed by atoms with Gasteiger partial charge in [-0.15, -0.1) is 0 Å². The lowest BCUT2D eigenvalue weighted by molar-refractivity contribution is -0.292. The molecule has 0 saturated carbocycles. The molecule has 5 atom stereocenters. The maximum atomic E-state index is 5.99. The maximum absolute atomic E-state index is 5.99. The highest BCUT2D eigenvalue weighted by atomic mass is 16.7. The van der Waals surface area contributed by atoms with Crippen LogP contribution in [0.2, 0.25) is 0 Å². The van der Waals surface area contributed by atoms with E-state index in [1.54, 1.807) is 28.4 Å². The first kappa shape index (κ1) is 17.2. The first-order valence-electron chi connectivity index (χ1n) is 7.19. The van der Waals surface area contributed by atoms with Gasteiger partial charge < -0.3 is 28.4 Å². The first-order valence-corrected chi connectivity index (χ1v) is 7.19. The second-order valence-electron chi connectivity index (χ2n) is 5.03. The Bertz CT molecular complexity index is 426. The Labute approximate surface area is 131 Å². The van der Waals surface area contributed by atoms with Gasteiger partial charge in [-0.25, -0.2) is 0 Å². The molecular weight excluding hydrogens is 288 g/mol. The van der Waals surface area contributed by atoms with Crippen molar-refractivity contribution in [1.82, 2.24) is 0 Å². The molecule has 6 heteroatoms. The predicted molar refractivity (Wildman–Crippen MR) is 80.0 cm³/mol. The van der Waals surface area contributed by atoms with E-state index >= 15 is 0 Å². The third-order valence-corrected chi connectivity index (χ3v) is 3.73. The molecule has 1 fully saturated rings. The molecular formula is C16H24O6. The third-order valence-electron chi connectivity index (χ3n) is 3.73. The molecule has 6 nitrogen and oxygen atoms in total. The van der Waals surface area contributed by atoms with Crippen molar-refractivity contribution in [3.05, 3.63) is 30.3 Å². The van der Waals surface area contributed by atoms with Crippen LogP contribution in [-0.4, -0.2) is 65.8 Å². The van der Waals surface area contributed by atoms with E-state index in [1.807, 2.05) is 30.3 Å². The fourth-order valence-electron chi connectivity index (χ4n) is 2.71. The summed E-state index contributed by atoms with van der Waals surface area (Å²) in [6, 6.07) is 9.46. The Morgan fingerprint density at radius 1 is 0.864 bits per heavy atom. The van der Waals surface area contributed by atoms with Gasteiger partial charge in [0, 0.05) is 28.4 Å². The van der Waals surface area contributed by atoms with Gasteiger partial charge in [0.2, 0.25) is 6.29 Å². The predicted octanol–water partition coefficient (Wildman–Crippen LogP) is 1.48. The summed E-state index contributed by atoms with van der Waals surface area (Å²) in [5.41, 5.74) is 0. The number of ether oxygens (including phenoxy) is 6. The summed E-state index contributed by atoms with van der Waals surface area (Å²) in [5.74, 6) is 0.705. The minimum Gasteiger partial charge on any atom is -0.462 e. The van der Waals surface area contributed by atoms with Crippen LogP contribution in [-0.2, 0) is 23.7 Å². The number of methoxy groups -OCH3 is 4. The molecule has 0 amide bonds. The van der Waals surface area contributed by atoms with Crippen LogP contribution < -0.4 is 4.74 Å². The number of hydrogen-bond donors (Lipinski definition) is 0. The molecule has 0 aliphatic carbocycles. The van der Waals surface area contributed by atoms with Gasteiger partial charge in [0.15, 0.2) is 0 Å². The molecule has 0 aromatic heterocycles. The van der Waals surface area contributed by atoms with E-state index in [9.17, 15) is 0 Å². The zero-order valence-corrected chi connectivity index (χ0v) is 13.4. The third kappa shape index (κ3) is 3.77. The molecule has 0 unspecified atom stereocenters. The van der Waals surface area contributed by atoms with Crippen molar-refractivity contribution in [3.8, 4) is 5.75 Å². The largest absolute Gasteiger partial charge is 0.462 e. The van der Waals surface area contributed by atoms with Crippen molar-refractivity contribution in [2.45, 2.75) is 30.7 Å². The van der Waals surface area contributed by atoms with Crippen LogP contribution in [0.5, 0.6) is 5.75 Å². The highest BCUT2D eigenvalue weighted by Crippen LogP contribution is 2.29. The van der Waals surface area contributed by atoms with Crippen molar-refractivity contribution < 1.29 is 28.4 Å². The molecule has 22 heavy (non-hydrogen) atoms. The summed E-state index contributed by atoms with van der Waals surface area (Å²) in [5, 5.41) is 0. The first-order chi connectivity index (χ1) is 10.7. The second kappa shape index (κ2) is 8.45. The Balaban J connectivity index is 2.19. The Morgan fingerprint density at radius 3 is 2.05 bits per heavy atom. The van der Waals surface area contributed by atoms with Crippen molar-refractivity contribution in [2.75, 3.05) is 35.0 Å². The number of hydrogen-bond acceptors (Lipinski definition) is 6. The van der Waals surface area contributed by atoms with E-state index in [1.165, 1.54) is 0 Å². The van der Waals surface area contributed by atoms with E-state index in [0.29, 0.717) is 12.4 Å². The molecule has 0 spiro atoms. The van der Waals surface area contributed by atoms with Gasteiger partial charge in [-0.05, 0) is 12.1 Å². The van der Waals surface area contributed by atoms with E-state index < -0.39 is 12.4 Å². The maximum Gasteiger partial charge on any atom is 0.229 e. The summed E-state index contributed by atoms with van der Waals surface area (Å²) < 4.78 is 33.8. The average molecular weight is 312 g/mol. The van der Waals surface area contributed by atoms with Crippen LogP contribution in [0.4, 0.5) is 0 Å². The summed E-state index contributed by atoms with van der Waals surface area (Å²) in [4.78, 5) is 0. The van der Waals surface area contributed by atoms with Gasteiger partial charge in [0.1, 0.15) is 30.2 Å². The minimum atomic E-state index is -0.608. The van der Waals surface area contributed by atoms with Gasteiger partial charge in [0.05, 0.1) is 6.61 Å². The van der Waals surface area contributed by atoms with Crippen molar-refractivity contribution in [1.29, 1.82) is 0 Å².